The molecule has 3 heterocycles. The summed E-state index contributed by atoms with van der Waals surface area (Å²) >= 11 is 0. The lowest BCUT2D eigenvalue weighted by atomic mass is 9.88. The summed E-state index contributed by atoms with van der Waals surface area (Å²) in [5.74, 6) is -2.59. The maximum absolute atomic E-state index is 10.8. The Bertz CT molecular complexity index is 733. The van der Waals surface area contributed by atoms with Crippen LogP contribution < -0.4 is 11.5 Å². The standard InChI is InChI=1S/C11H16N6O5/c1-10(20)6(19)4(3-18)22-11(10,21)5-2-14-8-7(12)15-9(13)16-17(5)8/h2,4,6,18-21H,3H2,1H3,(H4,12,13,15,16)/t4-,6-,10-,11+/m1/s1. The van der Waals surface area contributed by atoms with E-state index in [1.165, 1.54) is 13.1 Å². The van der Waals surface area contributed by atoms with Crippen LogP contribution in [0.15, 0.2) is 6.20 Å². The molecule has 0 aromatic carbocycles. The number of aliphatic hydroxyl groups is 4. The minimum atomic E-state index is -2.38. The van der Waals surface area contributed by atoms with Gasteiger partial charge in [-0.25, -0.2) is 9.50 Å². The second kappa shape index (κ2) is 4.47. The highest BCUT2D eigenvalue weighted by molar-refractivity contribution is 5.61. The maximum atomic E-state index is 10.8. The number of nitrogens with two attached hydrogens (primary N) is 2. The predicted molar refractivity (Wildman–Crippen MR) is 72.1 cm³/mol. The van der Waals surface area contributed by atoms with Gasteiger partial charge in [-0.15, -0.1) is 5.10 Å². The number of imidazole rings is 1. The Hall–Kier alpha value is -2.05. The number of hydrogen-bond acceptors (Lipinski definition) is 10. The van der Waals surface area contributed by atoms with E-state index in [0.717, 1.165) is 4.52 Å². The molecule has 0 unspecified atom stereocenters. The first-order valence-electron chi connectivity index (χ1n) is 6.41. The average molecular weight is 312 g/mol. The molecule has 8 N–H and O–H groups in total. The molecule has 11 nitrogen and oxygen atoms in total. The van der Waals surface area contributed by atoms with E-state index in [2.05, 4.69) is 15.1 Å². The number of aromatic nitrogens is 4. The second-order valence-electron chi connectivity index (χ2n) is 5.31. The molecule has 0 bridgehead atoms. The minimum Gasteiger partial charge on any atom is -0.394 e. The van der Waals surface area contributed by atoms with Crippen LogP contribution in [0.2, 0.25) is 0 Å². The van der Waals surface area contributed by atoms with Crippen LogP contribution in [0, 0.1) is 0 Å². The lowest BCUT2D eigenvalue weighted by Crippen LogP contribution is -2.53. The molecule has 4 atom stereocenters. The number of fused-ring (bicyclic) bond motifs is 1. The third-order valence-electron chi connectivity index (χ3n) is 3.87. The van der Waals surface area contributed by atoms with Crippen molar-refractivity contribution in [1.29, 1.82) is 0 Å². The molecule has 22 heavy (non-hydrogen) atoms. The van der Waals surface area contributed by atoms with E-state index in [1.807, 2.05) is 0 Å². The summed E-state index contributed by atoms with van der Waals surface area (Å²) in [6, 6.07) is 0. The van der Waals surface area contributed by atoms with Gasteiger partial charge in [-0.1, -0.05) is 0 Å². The van der Waals surface area contributed by atoms with Gasteiger partial charge in [0.05, 0.1) is 12.8 Å². The van der Waals surface area contributed by atoms with Crippen molar-refractivity contribution in [2.75, 3.05) is 18.1 Å². The van der Waals surface area contributed by atoms with Crippen molar-refractivity contribution in [3.63, 3.8) is 0 Å². The first kappa shape index (κ1) is 14.9. The Morgan fingerprint density at radius 3 is 2.68 bits per heavy atom. The van der Waals surface area contributed by atoms with Gasteiger partial charge < -0.3 is 36.6 Å². The van der Waals surface area contributed by atoms with Crippen LogP contribution in [0.1, 0.15) is 12.6 Å². The molecule has 11 heteroatoms. The van der Waals surface area contributed by atoms with Gasteiger partial charge in [-0.2, -0.15) is 4.98 Å². The van der Waals surface area contributed by atoms with Crippen LogP contribution in [0.4, 0.5) is 11.8 Å². The van der Waals surface area contributed by atoms with Crippen LogP contribution in [-0.2, 0) is 10.5 Å². The van der Waals surface area contributed by atoms with E-state index >= 15 is 0 Å². The molecule has 1 aliphatic heterocycles. The van der Waals surface area contributed by atoms with Crippen molar-refractivity contribution in [2.24, 2.45) is 0 Å². The van der Waals surface area contributed by atoms with Gasteiger partial charge >= 0.3 is 0 Å². The van der Waals surface area contributed by atoms with Crippen LogP contribution >= 0.6 is 0 Å². The van der Waals surface area contributed by atoms with E-state index in [9.17, 15) is 20.4 Å². The number of rotatable bonds is 2. The number of nitrogens with zero attached hydrogens (tertiary/aromatic N) is 4. The van der Waals surface area contributed by atoms with Crippen LogP contribution in [0.25, 0.3) is 5.65 Å². The molecule has 0 spiro atoms. The van der Waals surface area contributed by atoms with Crippen molar-refractivity contribution in [3.05, 3.63) is 11.9 Å². The zero-order chi connectivity index (χ0) is 16.3. The molecule has 3 rings (SSSR count). The highest BCUT2D eigenvalue weighted by Crippen LogP contribution is 2.45. The molecule has 0 aliphatic carbocycles. The van der Waals surface area contributed by atoms with Gasteiger partial charge in [0, 0.05) is 0 Å². The summed E-state index contributed by atoms with van der Waals surface area (Å²) in [5.41, 5.74) is 9.04. The lowest BCUT2D eigenvalue weighted by molar-refractivity contribution is -0.276. The summed E-state index contributed by atoms with van der Waals surface area (Å²) in [6.45, 7) is 0.566. The van der Waals surface area contributed by atoms with Gasteiger partial charge in [0.2, 0.25) is 11.7 Å². The smallest absolute Gasteiger partial charge is 0.244 e. The molecule has 2 aromatic heterocycles. The van der Waals surface area contributed by atoms with Crippen LogP contribution in [0.3, 0.4) is 0 Å². The number of anilines is 2. The van der Waals surface area contributed by atoms with Crippen molar-refractivity contribution in [1.82, 2.24) is 19.6 Å². The normalized spacial score (nSPS) is 35.3. The summed E-state index contributed by atoms with van der Waals surface area (Å²) in [4.78, 5) is 7.69. The number of ether oxygens (including phenoxy) is 1. The summed E-state index contributed by atoms with van der Waals surface area (Å²) in [7, 11) is 0. The highest BCUT2D eigenvalue weighted by Gasteiger charge is 2.64. The number of nitrogen functional groups attached to an aromatic ring is 2. The Morgan fingerprint density at radius 2 is 2.09 bits per heavy atom. The van der Waals surface area contributed by atoms with Crippen LogP contribution in [0.5, 0.6) is 0 Å². The highest BCUT2D eigenvalue weighted by atomic mass is 16.7. The van der Waals surface area contributed by atoms with Crippen molar-refractivity contribution in [3.8, 4) is 0 Å². The van der Waals surface area contributed by atoms with Crippen molar-refractivity contribution >= 4 is 17.4 Å². The second-order valence-corrected chi connectivity index (χ2v) is 5.31. The first-order valence-corrected chi connectivity index (χ1v) is 6.41. The first-order chi connectivity index (χ1) is 10.2. The monoisotopic (exact) mass is 312 g/mol. The van der Waals surface area contributed by atoms with Gasteiger partial charge in [0.25, 0.3) is 0 Å². The molecular formula is C11H16N6O5. The molecule has 2 aromatic rings. The molecule has 1 aliphatic rings. The molecule has 0 saturated carbocycles. The fraction of sp³-hybridized carbons (Fsp3) is 0.545. The zero-order valence-electron chi connectivity index (χ0n) is 11.6. The minimum absolute atomic E-state index is 0.0285. The average Bonchev–Trinajstić information content (AvgIpc) is 2.93. The summed E-state index contributed by atoms with van der Waals surface area (Å²) in [6.07, 6.45) is -1.56. The van der Waals surface area contributed by atoms with E-state index in [-0.39, 0.29) is 23.1 Å². The van der Waals surface area contributed by atoms with E-state index in [4.69, 9.17) is 16.2 Å². The summed E-state index contributed by atoms with van der Waals surface area (Å²) in [5, 5.41) is 44.4. The predicted octanol–water partition coefficient (Wildman–Crippen LogP) is -3.06. The number of aliphatic hydroxyl groups excluding tert-OH is 2. The lowest BCUT2D eigenvalue weighted by Gasteiger charge is -2.33. The Morgan fingerprint density at radius 1 is 1.41 bits per heavy atom. The van der Waals surface area contributed by atoms with Gasteiger partial charge in [-0.05, 0) is 6.92 Å². The van der Waals surface area contributed by atoms with Gasteiger partial charge in [0.1, 0.15) is 23.5 Å². The summed E-state index contributed by atoms with van der Waals surface area (Å²) < 4.78 is 6.33. The third-order valence-corrected chi connectivity index (χ3v) is 3.87. The fourth-order valence-corrected chi connectivity index (χ4v) is 2.57. The third kappa shape index (κ3) is 1.71. The zero-order valence-corrected chi connectivity index (χ0v) is 11.6. The fourth-order valence-electron chi connectivity index (χ4n) is 2.57. The van der Waals surface area contributed by atoms with E-state index < -0.39 is 30.2 Å². The largest absolute Gasteiger partial charge is 0.394 e. The topological polar surface area (TPSA) is 185 Å². The van der Waals surface area contributed by atoms with E-state index in [0.29, 0.717) is 0 Å². The Kier molecular flexibility index (Phi) is 3.02. The molecule has 1 fully saturated rings. The quantitative estimate of drug-likeness (QED) is 0.332. The molecule has 0 amide bonds. The Labute approximate surface area is 123 Å². The van der Waals surface area contributed by atoms with Crippen molar-refractivity contribution < 1.29 is 25.2 Å². The molecule has 120 valence electrons. The molecule has 1 saturated heterocycles. The van der Waals surface area contributed by atoms with Crippen molar-refractivity contribution in [2.45, 2.75) is 30.5 Å². The Balaban J connectivity index is 2.22. The SMILES string of the molecule is C[C@@]1(O)[C@H](O)[C@@H](CO)O[C@@]1(O)c1cnc2c(N)nc(N)nn12. The van der Waals surface area contributed by atoms with Gasteiger partial charge in [-0.3, -0.25) is 0 Å². The van der Waals surface area contributed by atoms with E-state index in [1.54, 1.807) is 0 Å². The number of hydrogen-bond donors (Lipinski definition) is 6. The maximum Gasteiger partial charge on any atom is 0.244 e. The molecular weight excluding hydrogens is 296 g/mol. The molecule has 0 radical (unpaired) electrons. The van der Waals surface area contributed by atoms with Crippen LogP contribution in [-0.4, -0.2) is 64.4 Å². The van der Waals surface area contributed by atoms with Gasteiger partial charge in [0.15, 0.2) is 11.5 Å².